The molecule has 0 unspecified atom stereocenters. The fourth-order valence-corrected chi connectivity index (χ4v) is 2.17. The Labute approximate surface area is 179 Å². The van der Waals surface area contributed by atoms with Crippen molar-refractivity contribution in [2.45, 2.75) is 40.0 Å². The van der Waals surface area contributed by atoms with Gasteiger partial charge in [0.05, 0.1) is 13.2 Å². The largest absolute Gasteiger partial charge is 0.493 e. The fraction of sp³-hybridized carbons (Fsp3) is 0.471. The molecule has 0 spiro atoms. The molecule has 0 aliphatic rings. The number of hydrogen-bond donors (Lipinski definition) is 2. The number of aliphatic imine (C=N–C) groups is 1. The van der Waals surface area contributed by atoms with Gasteiger partial charge in [0.25, 0.3) is 0 Å². The third-order valence-corrected chi connectivity index (χ3v) is 3.38. The van der Waals surface area contributed by atoms with Gasteiger partial charge in [-0.15, -0.1) is 24.0 Å². The van der Waals surface area contributed by atoms with E-state index in [1.54, 1.807) is 26.1 Å². The molecule has 8 nitrogen and oxygen atoms in total. The molecule has 1 aromatic carbocycles. The summed E-state index contributed by atoms with van der Waals surface area (Å²) >= 11 is 0. The van der Waals surface area contributed by atoms with Crippen LogP contribution in [0.1, 0.15) is 30.6 Å². The van der Waals surface area contributed by atoms with Crippen LogP contribution in [0.2, 0.25) is 0 Å². The molecule has 0 bridgehead atoms. The van der Waals surface area contributed by atoms with Crippen LogP contribution in [0.5, 0.6) is 11.5 Å². The lowest BCUT2D eigenvalue weighted by Gasteiger charge is -2.15. The molecule has 1 aromatic heterocycles. The number of halogens is 3. The number of ether oxygens (including phenoxy) is 2. The Kier molecular flexibility index (Phi) is 10.5. The quantitative estimate of drug-likeness (QED) is 0.303. The zero-order chi connectivity index (χ0) is 19.6. The molecule has 2 N–H and O–H groups in total. The Morgan fingerprint density at radius 2 is 2.04 bits per heavy atom. The summed E-state index contributed by atoms with van der Waals surface area (Å²) in [5.74, 6) is 1.93. The van der Waals surface area contributed by atoms with Gasteiger partial charge in [0.2, 0.25) is 5.89 Å². The lowest BCUT2D eigenvalue weighted by molar-refractivity contribution is -0.0505. The number of hydrogen-bond acceptors (Lipinski definition) is 6. The molecule has 0 atom stereocenters. The van der Waals surface area contributed by atoms with Crippen LogP contribution in [0.4, 0.5) is 8.78 Å². The lowest BCUT2D eigenvalue weighted by atomic mass is 10.2. The molecule has 0 amide bonds. The van der Waals surface area contributed by atoms with Gasteiger partial charge in [-0.05, 0) is 18.6 Å². The van der Waals surface area contributed by atoms with Gasteiger partial charge < -0.3 is 24.6 Å². The van der Waals surface area contributed by atoms with E-state index in [1.165, 1.54) is 6.07 Å². The molecule has 1 heterocycles. The van der Waals surface area contributed by atoms with E-state index >= 15 is 0 Å². The molecular weight excluding hydrogens is 487 g/mol. The van der Waals surface area contributed by atoms with E-state index in [-0.39, 0.29) is 36.3 Å². The maximum absolute atomic E-state index is 12.7. The van der Waals surface area contributed by atoms with Gasteiger partial charge in [-0.2, -0.15) is 13.8 Å². The second-order valence-electron chi connectivity index (χ2n) is 5.51. The third-order valence-electron chi connectivity index (χ3n) is 3.38. The number of rotatable bonds is 9. The highest BCUT2D eigenvalue weighted by molar-refractivity contribution is 14.0. The molecule has 0 radical (unpaired) electrons. The SMILES string of the molecule is CCCOc1ccc(CNC(=NC)NCc2noc(C)n2)c(OC(F)F)c1.I. The van der Waals surface area contributed by atoms with Gasteiger partial charge >= 0.3 is 6.61 Å². The predicted molar refractivity (Wildman–Crippen MR) is 110 cm³/mol. The van der Waals surface area contributed by atoms with Gasteiger partial charge in [0, 0.05) is 32.1 Å². The summed E-state index contributed by atoms with van der Waals surface area (Å²) in [6.07, 6.45) is 0.816. The summed E-state index contributed by atoms with van der Waals surface area (Å²) in [5, 5.41) is 9.81. The number of nitrogens with one attached hydrogen (secondary N) is 2. The normalized spacial score (nSPS) is 11.1. The van der Waals surface area contributed by atoms with E-state index in [1.807, 2.05) is 6.92 Å². The van der Waals surface area contributed by atoms with Crippen LogP contribution in [-0.2, 0) is 13.1 Å². The van der Waals surface area contributed by atoms with E-state index in [2.05, 4.69) is 30.5 Å². The second-order valence-corrected chi connectivity index (χ2v) is 5.51. The minimum Gasteiger partial charge on any atom is -0.493 e. The predicted octanol–water partition coefficient (Wildman–Crippen LogP) is 3.25. The highest BCUT2D eigenvalue weighted by Crippen LogP contribution is 2.26. The number of aromatic nitrogens is 2. The standard InChI is InChI=1S/C17H23F2N5O3.HI/c1-4-7-25-13-6-5-12(14(8-13)26-16(18)19)9-21-17(20-3)22-10-15-23-11(2)27-24-15;/h5-6,8,16H,4,7,9-10H2,1-3H3,(H2,20,21,22);1H. The summed E-state index contributed by atoms with van der Waals surface area (Å²) in [7, 11) is 1.59. The first-order valence-corrected chi connectivity index (χ1v) is 8.46. The molecule has 156 valence electrons. The first-order chi connectivity index (χ1) is 13.0. The van der Waals surface area contributed by atoms with E-state index in [0.29, 0.717) is 42.1 Å². The Hall–Kier alpha value is -2.18. The van der Waals surface area contributed by atoms with E-state index in [9.17, 15) is 8.78 Å². The number of alkyl halides is 2. The van der Waals surface area contributed by atoms with Crippen molar-refractivity contribution in [3.05, 3.63) is 35.5 Å². The summed E-state index contributed by atoms with van der Waals surface area (Å²) in [5.41, 5.74) is 0.539. The molecule has 11 heteroatoms. The molecule has 2 rings (SSSR count). The molecule has 0 fully saturated rings. The highest BCUT2D eigenvalue weighted by Gasteiger charge is 2.12. The van der Waals surface area contributed by atoms with Crippen molar-refractivity contribution in [1.82, 2.24) is 20.8 Å². The van der Waals surface area contributed by atoms with Gasteiger partial charge in [-0.1, -0.05) is 12.1 Å². The topological polar surface area (TPSA) is 93.8 Å². The number of aryl methyl sites for hydroxylation is 1. The van der Waals surface area contributed by atoms with E-state index in [4.69, 9.17) is 9.26 Å². The van der Waals surface area contributed by atoms with Gasteiger partial charge in [-0.25, -0.2) is 0 Å². The Balaban J connectivity index is 0.00000392. The zero-order valence-electron chi connectivity index (χ0n) is 15.9. The molecule has 0 saturated carbocycles. The maximum Gasteiger partial charge on any atom is 0.387 e. The van der Waals surface area contributed by atoms with Crippen LogP contribution < -0.4 is 20.1 Å². The molecular formula is C17H24F2IN5O3. The molecule has 2 aromatic rings. The second kappa shape index (κ2) is 12.3. The van der Waals surface area contributed by atoms with Crippen molar-refractivity contribution in [1.29, 1.82) is 0 Å². The first kappa shape index (κ1) is 23.9. The van der Waals surface area contributed by atoms with Crippen LogP contribution in [0, 0.1) is 6.92 Å². The Morgan fingerprint density at radius 3 is 2.64 bits per heavy atom. The van der Waals surface area contributed by atoms with E-state index < -0.39 is 6.61 Å². The van der Waals surface area contributed by atoms with Gasteiger partial charge in [0.15, 0.2) is 11.8 Å². The van der Waals surface area contributed by atoms with Gasteiger partial charge in [0.1, 0.15) is 11.5 Å². The highest BCUT2D eigenvalue weighted by atomic mass is 127. The van der Waals surface area contributed by atoms with Crippen LogP contribution in [0.3, 0.4) is 0 Å². The lowest BCUT2D eigenvalue weighted by Crippen LogP contribution is -2.36. The average molecular weight is 511 g/mol. The number of benzene rings is 1. The molecule has 0 saturated heterocycles. The molecule has 0 aliphatic heterocycles. The first-order valence-electron chi connectivity index (χ1n) is 8.46. The Bertz CT molecular complexity index is 758. The summed E-state index contributed by atoms with van der Waals surface area (Å²) in [6.45, 7) is 1.76. The van der Waals surface area contributed by atoms with Crippen LogP contribution in [-0.4, -0.2) is 36.4 Å². The van der Waals surface area contributed by atoms with Crippen LogP contribution in [0.25, 0.3) is 0 Å². The average Bonchev–Trinajstić information content (AvgIpc) is 3.06. The van der Waals surface area contributed by atoms with Gasteiger partial charge in [-0.3, -0.25) is 4.99 Å². The number of guanidine groups is 1. The number of nitrogens with zero attached hydrogens (tertiary/aromatic N) is 3. The minimum atomic E-state index is -2.93. The maximum atomic E-state index is 12.7. The van der Waals surface area contributed by atoms with Crippen LogP contribution >= 0.6 is 24.0 Å². The van der Waals surface area contributed by atoms with Crippen molar-refractivity contribution >= 4 is 29.9 Å². The summed E-state index contributed by atoms with van der Waals surface area (Å²) < 4.78 is 40.4. The Morgan fingerprint density at radius 1 is 1.29 bits per heavy atom. The van der Waals surface area contributed by atoms with Crippen molar-refractivity contribution in [3.8, 4) is 11.5 Å². The zero-order valence-corrected chi connectivity index (χ0v) is 18.2. The smallest absolute Gasteiger partial charge is 0.387 e. The van der Waals surface area contributed by atoms with Crippen molar-refractivity contribution in [3.63, 3.8) is 0 Å². The fourth-order valence-electron chi connectivity index (χ4n) is 2.17. The van der Waals surface area contributed by atoms with Crippen molar-refractivity contribution in [2.24, 2.45) is 4.99 Å². The molecule has 0 aliphatic carbocycles. The third kappa shape index (κ3) is 7.82. The van der Waals surface area contributed by atoms with Crippen molar-refractivity contribution in [2.75, 3.05) is 13.7 Å². The van der Waals surface area contributed by atoms with Crippen molar-refractivity contribution < 1.29 is 22.8 Å². The summed E-state index contributed by atoms with van der Waals surface area (Å²) in [6, 6.07) is 4.84. The molecule has 28 heavy (non-hydrogen) atoms. The minimum absolute atomic E-state index is 0. The van der Waals surface area contributed by atoms with Crippen LogP contribution in [0.15, 0.2) is 27.7 Å². The summed E-state index contributed by atoms with van der Waals surface area (Å²) in [4.78, 5) is 8.14. The van der Waals surface area contributed by atoms with E-state index in [0.717, 1.165) is 6.42 Å². The monoisotopic (exact) mass is 511 g/mol.